The Morgan fingerprint density at radius 2 is 1.90 bits per heavy atom. The second-order valence-corrected chi connectivity index (χ2v) is 4.40. The van der Waals surface area contributed by atoms with Gasteiger partial charge in [0.05, 0.1) is 6.21 Å². The van der Waals surface area contributed by atoms with Crippen LogP contribution in [0.15, 0.2) is 41.5 Å². The quantitative estimate of drug-likeness (QED) is 0.598. The van der Waals surface area contributed by atoms with E-state index in [1.807, 2.05) is 0 Å². The molecule has 3 N–H and O–H groups in total. The molecular formula is C15H13FN2O3. The number of halogens is 1. The summed E-state index contributed by atoms with van der Waals surface area (Å²) < 4.78 is 12.7. The fourth-order valence-electron chi connectivity index (χ4n) is 1.75. The molecule has 2 aromatic rings. The van der Waals surface area contributed by atoms with E-state index in [1.165, 1.54) is 42.6 Å². The smallest absolute Gasteiger partial charge is 0.271 e. The minimum atomic E-state index is -0.498. The molecule has 0 radical (unpaired) electrons. The van der Waals surface area contributed by atoms with E-state index in [0.717, 1.165) is 0 Å². The van der Waals surface area contributed by atoms with Gasteiger partial charge < -0.3 is 10.2 Å². The maximum atomic E-state index is 12.7. The first-order chi connectivity index (χ1) is 9.97. The molecule has 1 amide bonds. The molecule has 6 heteroatoms. The molecule has 0 spiro atoms. The molecule has 0 aliphatic rings. The molecule has 5 nitrogen and oxygen atoms in total. The van der Waals surface area contributed by atoms with Gasteiger partial charge in [0.25, 0.3) is 5.91 Å². The van der Waals surface area contributed by atoms with Gasteiger partial charge in [0.15, 0.2) is 0 Å². The van der Waals surface area contributed by atoms with Gasteiger partial charge in [-0.05, 0) is 42.8 Å². The van der Waals surface area contributed by atoms with Crippen molar-refractivity contribution in [3.63, 3.8) is 0 Å². The lowest BCUT2D eigenvalue weighted by molar-refractivity contribution is 0.0955. The largest absolute Gasteiger partial charge is 0.508 e. The molecule has 0 aliphatic carbocycles. The van der Waals surface area contributed by atoms with E-state index in [0.29, 0.717) is 11.1 Å². The molecule has 0 fully saturated rings. The molecule has 0 heterocycles. The molecule has 0 unspecified atom stereocenters. The summed E-state index contributed by atoms with van der Waals surface area (Å²) in [6, 6.07) is 7.66. The van der Waals surface area contributed by atoms with Crippen LogP contribution in [0.4, 0.5) is 4.39 Å². The Balaban J connectivity index is 2.09. The number of nitrogens with one attached hydrogen (secondary N) is 1. The summed E-state index contributed by atoms with van der Waals surface area (Å²) in [6.07, 6.45) is 1.27. The number of carbonyl (C=O) groups is 1. The van der Waals surface area contributed by atoms with Crippen LogP contribution in [0.1, 0.15) is 21.5 Å². The van der Waals surface area contributed by atoms with Crippen LogP contribution in [0.3, 0.4) is 0 Å². The molecule has 2 rings (SSSR count). The zero-order chi connectivity index (χ0) is 15.4. The van der Waals surface area contributed by atoms with Crippen LogP contribution in [-0.4, -0.2) is 22.3 Å². The zero-order valence-corrected chi connectivity index (χ0v) is 11.2. The maximum absolute atomic E-state index is 12.7. The number of hydrogen-bond donors (Lipinski definition) is 3. The van der Waals surface area contributed by atoms with Crippen molar-refractivity contribution in [2.75, 3.05) is 0 Å². The van der Waals surface area contributed by atoms with Crippen molar-refractivity contribution in [3.05, 3.63) is 58.9 Å². The third-order valence-electron chi connectivity index (χ3n) is 2.82. The summed E-state index contributed by atoms with van der Waals surface area (Å²) in [5.74, 6) is -1.13. The summed E-state index contributed by atoms with van der Waals surface area (Å²) in [5.41, 5.74) is 3.52. The molecule has 0 saturated heterocycles. The Labute approximate surface area is 120 Å². The summed E-state index contributed by atoms with van der Waals surface area (Å²) >= 11 is 0. The van der Waals surface area contributed by atoms with Crippen molar-refractivity contribution in [2.45, 2.75) is 6.92 Å². The fraction of sp³-hybridized carbons (Fsp3) is 0.0667. The van der Waals surface area contributed by atoms with E-state index in [4.69, 9.17) is 0 Å². The zero-order valence-electron chi connectivity index (χ0n) is 11.2. The molecule has 2 aromatic carbocycles. The van der Waals surface area contributed by atoms with Crippen LogP contribution in [0.25, 0.3) is 0 Å². The fourth-order valence-corrected chi connectivity index (χ4v) is 1.75. The second-order valence-electron chi connectivity index (χ2n) is 4.40. The summed E-state index contributed by atoms with van der Waals surface area (Å²) in [4.78, 5) is 11.7. The Kier molecular flexibility index (Phi) is 4.18. The van der Waals surface area contributed by atoms with Gasteiger partial charge in [0.1, 0.15) is 17.3 Å². The van der Waals surface area contributed by atoms with Crippen LogP contribution in [0.2, 0.25) is 0 Å². The first-order valence-electron chi connectivity index (χ1n) is 6.09. The van der Waals surface area contributed by atoms with Gasteiger partial charge >= 0.3 is 0 Å². The lowest BCUT2D eigenvalue weighted by Gasteiger charge is -2.04. The number of phenolic OH excluding ortho intramolecular Hbond substituents is 2. The van der Waals surface area contributed by atoms with E-state index in [2.05, 4.69) is 10.5 Å². The van der Waals surface area contributed by atoms with Crippen molar-refractivity contribution >= 4 is 12.1 Å². The molecule has 0 atom stereocenters. The van der Waals surface area contributed by atoms with Crippen LogP contribution < -0.4 is 5.43 Å². The standard InChI is InChI=1S/C15H13FN2O3/c1-9-6-12(19)7-14(20)13(9)8-17-18-15(21)10-2-4-11(16)5-3-10/h2-8,19-20H,1H3,(H,18,21). The van der Waals surface area contributed by atoms with Crippen LogP contribution in [0, 0.1) is 12.7 Å². The average molecular weight is 288 g/mol. The number of aryl methyl sites for hydroxylation is 1. The monoisotopic (exact) mass is 288 g/mol. The van der Waals surface area contributed by atoms with Gasteiger partial charge in [-0.1, -0.05) is 0 Å². The Morgan fingerprint density at radius 1 is 1.24 bits per heavy atom. The number of amides is 1. The van der Waals surface area contributed by atoms with E-state index in [9.17, 15) is 19.4 Å². The number of phenols is 2. The van der Waals surface area contributed by atoms with E-state index >= 15 is 0 Å². The van der Waals surface area contributed by atoms with Crippen LogP contribution in [0.5, 0.6) is 11.5 Å². The minimum absolute atomic E-state index is 0.0579. The highest BCUT2D eigenvalue weighted by atomic mass is 19.1. The number of hydrogen-bond acceptors (Lipinski definition) is 4. The maximum Gasteiger partial charge on any atom is 0.271 e. The van der Waals surface area contributed by atoms with Gasteiger partial charge in [0.2, 0.25) is 0 Å². The topological polar surface area (TPSA) is 81.9 Å². The number of nitrogens with zero attached hydrogens (tertiary/aromatic N) is 1. The molecule has 0 bridgehead atoms. The Hall–Kier alpha value is -2.89. The Bertz CT molecular complexity index is 674. The molecule has 0 aromatic heterocycles. The van der Waals surface area contributed by atoms with Gasteiger partial charge in [-0.2, -0.15) is 5.10 Å². The van der Waals surface area contributed by atoms with Gasteiger partial charge in [-0.3, -0.25) is 4.79 Å². The molecule has 0 aliphatic heterocycles. The highest BCUT2D eigenvalue weighted by Crippen LogP contribution is 2.24. The minimum Gasteiger partial charge on any atom is -0.508 e. The van der Waals surface area contributed by atoms with E-state index in [1.54, 1.807) is 6.92 Å². The lowest BCUT2D eigenvalue weighted by Crippen LogP contribution is -2.17. The molecule has 0 saturated carbocycles. The van der Waals surface area contributed by atoms with Gasteiger partial charge in [-0.15, -0.1) is 0 Å². The number of rotatable bonds is 3. The number of benzene rings is 2. The summed E-state index contributed by atoms with van der Waals surface area (Å²) in [5, 5.41) is 22.7. The van der Waals surface area contributed by atoms with Gasteiger partial charge in [-0.25, -0.2) is 9.82 Å². The predicted molar refractivity (Wildman–Crippen MR) is 76.0 cm³/mol. The highest BCUT2D eigenvalue weighted by Gasteiger charge is 2.06. The van der Waals surface area contributed by atoms with Crippen LogP contribution >= 0.6 is 0 Å². The third kappa shape index (κ3) is 3.56. The van der Waals surface area contributed by atoms with Crippen LogP contribution in [-0.2, 0) is 0 Å². The third-order valence-corrected chi connectivity index (χ3v) is 2.82. The van der Waals surface area contributed by atoms with Crippen molar-refractivity contribution < 1.29 is 19.4 Å². The molecule has 21 heavy (non-hydrogen) atoms. The Morgan fingerprint density at radius 3 is 2.52 bits per heavy atom. The van der Waals surface area contributed by atoms with Gasteiger partial charge in [0, 0.05) is 17.2 Å². The summed E-state index contributed by atoms with van der Waals surface area (Å²) in [6.45, 7) is 1.68. The number of carbonyl (C=O) groups excluding carboxylic acids is 1. The second kappa shape index (κ2) is 6.04. The van der Waals surface area contributed by atoms with E-state index in [-0.39, 0.29) is 17.1 Å². The van der Waals surface area contributed by atoms with Crippen molar-refractivity contribution in [1.82, 2.24) is 5.43 Å². The first kappa shape index (κ1) is 14.5. The summed E-state index contributed by atoms with van der Waals surface area (Å²) in [7, 11) is 0. The first-order valence-corrected chi connectivity index (χ1v) is 6.09. The van der Waals surface area contributed by atoms with E-state index < -0.39 is 11.7 Å². The normalized spacial score (nSPS) is 10.8. The highest BCUT2D eigenvalue weighted by molar-refractivity contribution is 5.95. The number of aromatic hydroxyl groups is 2. The molecular weight excluding hydrogens is 275 g/mol. The molecule has 108 valence electrons. The lowest BCUT2D eigenvalue weighted by atomic mass is 10.1. The van der Waals surface area contributed by atoms with Crippen molar-refractivity contribution in [2.24, 2.45) is 5.10 Å². The number of hydrazone groups is 1. The van der Waals surface area contributed by atoms with Crippen molar-refractivity contribution in [3.8, 4) is 11.5 Å². The SMILES string of the molecule is Cc1cc(O)cc(O)c1C=NNC(=O)c1ccc(F)cc1. The average Bonchev–Trinajstić information content (AvgIpc) is 2.42. The predicted octanol–water partition coefficient (Wildman–Crippen LogP) is 2.31. The van der Waals surface area contributed by atoms with Crippen molar-refractivity contribution in [1.29, 1.82) is 0 Å².